The molecule has 0 spiro atoms. The van der Waals surface area contributed by atoms with Gasteiger partial charge in [-0.15, -0.1) is 0 Å². The molecule has 2 aromatic carbocycles. The number of halogens is 2. The standard InChI is InChI=1S/C25H23Cl2NO4/c1-15-11-23(29)31-22-14-17(5-6-18(15)22)30-10-7-21-24(28-8-3-2-4-9-28)19-12-16(26)13-20(27)25(19)32-21/h5-7,11-14,24H,2-4,8-10H2,1H3/b21-7-. The van der Waals surface area contributed by atoms with Crippen molar-refractivity contribution in [2.45, 2.75) is 32.2 Å². The summed E-state index contributed by atoms with van der Waals surface area (Å²) in [6, 6.07) is 10.6. The van der Waals surface area contributed by atoms with Crippen LogP contribution in [0.2, 0.25) is 10.0 Å². The summed E-state index contributed by atoms with van der Waals surface area (Å²) in [4.78, 5) is 14.1. The quantitative estimate of drug-likeness (QED) is 0.418. The summed E-state index contributed by atoms with van der Waals surface area (Å²) < 4.78 is 17.5. The number of ether oxygens (including phenoxy) is 2. The molecule has 32 heavy (non-hydrogen) atoms. The Morgan fingerprint density at radius 1 is 1.12 bits per heavy atom. The van der Waals surface area contributed by atoms with E-state index in [0.29, 0.717) is 33.7 Å². The monoisotopic (exact) mass is 471 g/mol. The number of nitrogens with zero attached hydrogens (tertiary/aromatic N) is 1. The summed E-state index contributed by atoms with van der Waals surface area (Å²) in [5.74, 6) is 2.09. The van der Waals surface area contributed by atoms with Crippen LogP contribution in [0.25, 0.3) is 11.0 Å². The highest BCUT2D eigenvalue weighted by Gasteiger charge is 2.36. The van der Waals surface area contributed by atoms with Crippen LogP contribution in [0.1, 0.15) is 36.4 Å². The van der Waals surface area contributed by atoms with Gasteiger partial charge in [-0.05, 0) is 68.8 Å². The van der Waals surface area contributed by atoms with Crippen molar-refractivity contribution in [3.05, 3.63) is 79.8 Å². The molecule has 1 fully saturated rings. The smallest absolute Gasteiger partial charge is 0.336 e. The minimum absolute atomic E-state index is 0.0256. The van der Waals surface area contributed by atoms with Gasteiger partial charge < -0.3 is 13.9 Å². The summed E-state index contributed by atoms with van der Waals surface area (Å²) in [7, 11) is 0. The number of likely N-dealkylation sites (tertiary alicyclic amines) is 1. The minimum atomic E-state index is -0.369. The first kappa shape index (κ1) is 21.4. The Kier molecular flexibility index (Phi) is 5.89. The van der Waals surface area contributed by atoms with Crippen LogP contribution in [0.4, 0.5) is 0 Å². The fraction of sp³-hybridized carbons (Fsp3) is 0.320. The molecule has 5 nitrogen and oxygen atoms in total. The van der Waals surface area contributed by atoms with Gasteiger partial charge in [0.1, 0.15) is 23.7 Å². The first-order valence-corrected chi connectivity index (χ1v) is 11.5. The van der Waals surface area contributed by atoms with Gasteiger partial charge in [0.15, 0.2) is 5.75 Å². The van der Waals surface area contributed by atoms with Crippen LogP contribution in [0.5, 0.6) is 11.5 Å². The van der Waals surface area contributed by atoms with Gasteiger partial charge in [-0.2, -0.15) is 0 Å². The third-order valence-electron chi connectivity index (χ3n) is 6.03. The topological polar surface area (TPSA) is 51.9 Å². The lowest BCUT2D eigenvalue weighted by molar-refractivity contribution is 0.170. The van der Waals surface area contributed by atoms with E-state index in [0.717, 1.165) is 48.2 Å². The maximum absolute atomic E-state index is 11.7. The molecule has 2 aliphatic rings. The van der Waals surface area contributed by atoms with Gasteiger partial charge >= 0.3 is 5.63 Å². The third-order valence-corrected chi connectivity index (χ3v) is 6.53. The van der Waals surface area contributed by atoms with Gasteiger partial charge in [0, 0.05) is 28.1 Å². The second-order valence-electron chi connectivity index (χ2n) is 8.23. The first-order chi connectivity index (χ1) is 15.5. The molecule has 1 atom stereocenters. The van der Waals surface area contributed by atoms with Crippen LogP contribution in [0.15, 0.2) is 57.4 Å². The van der Waals surface area contributed by atoms with E-state index in [-0.39, 0.29) is 11.7 Å². The molecule has 3 aromatic rings. The summed E-state index contributed by atoms with van der Waals surface area (Å²) >= 11 is 12.7. The van der Waals surface area contributed by atoms with E-state index in [1.54, 1.807) is 12.1 Å². The molecule has 0 N–H and O–H groups in total. The average Bonchev–Trinajstić information content (AvgIpc) is 3.12. The Balaban J connectivity index is 1.40. The van der Waals surface area contributed by atoms with Gasteiger partial charge in [-0.1, -0.05) is 29.6 Å². The lowest BCUT2D eigenvalue weighted by Crippen LogP contribution is -2.34. The zero-order valence-electron chi connectivity index (χ0n) is 17.7. The van der Waals surface area contributed by atoms with Crippen molar-refractivity contribution in [1.29, 1.82) is 0 Å². The molecule has 166 valence electrons. The predicted octanol–water partition coefficient (Wildman–Crippen LogP) is 6.29. The number of fused-ring (bicyclic) bond motifs is 2. The Labute approximate surface area is 196 Å². The first-order valence-electron chi connectivity index (χ1n) is 10.8. The molecule has 1 aromatic heterocycles. The maximum atomic E-state index is 11.7. The molecule has 0 aliphatic carbocycles. The van der Waals surface area contributed by atoms with Crippen molar-refractivity contribution in [3.63, 3.8) is 0 Å². The molecule has 1 unspecified atom stereocenters. The SMILES string of the molecule is Cc1cc(=O)oc2cc(OC/C=C3\Oc4c(Cl)cc(Cl)cc4C3N3CCCCC3)ccc12. The van der Waals surface area contributed by atoms with Crippen LogP contribution in [0.3, 0.4) is 0 Å². The second kappa shape index (κ2) is 8.81. The number of hydrogen-bond donors (Lipinski definition) is 0. The van der Waals surface area contributed by atoms with Crippen molar-refractivity contribution >= 4 is 34.2 Å². The molecular formula is C25H23Cl2NO4. The summed E-state index contributed by atoms with van der Waals surface area (Å²) in [5.41, 5.74) is 2.02. The molecule has 0 radical (unpaired) electrons. The molecule has 2 aliphatic heterocycles. The lowest BCUT2D eigenvalue weighted by atomic mass is 10.0. The van der Waals surface area contributed by atoms with Crippen molar-refractivity contribution in [2.24, 2.45) is 0 Å². The molecule has 1 saturated heterocycles. The van der Waals surface area contributed by atoms with Gasteiger partial charge in [-0.25, -0.2) is 4.79 Å². The summed E-state index contributed by atoms with van der Waals surface area (Å²) in [5, 5.41) is 2.00. The largest absolute Gasteiger partial charge is 0.489 e. The summed E-state index contributed by atoms with van der Waals surface area (Å²) in [6.07, 6.45) is 5.50. The van der Waals surface area contributed by atoms with E-state index in [2.05, 4.69) is 4.90 Å². The van der Waals surface area contributed by atoms with E-state index >= 15 is 0 Å². The average molecular weight is 472 g/mol. The molecule has 7 heteroatoms. The van der Waals surface area contributed by atoms with E-state index in [4.69, 9.17) is 37.1 Å². The van der Waals surface area contributed by atoms with Gasteiger partial charge in [0.2, 0.25) is 0 Å². The van der Waals surface area contributed by atoms with Crippen molar-refractivity contribution in [2.75, 3.05) is 19.7 Å². The molecule has 0 amide bonds. The van der Waals surface area contributed by atoms with Crippen LogP contribution in [-0.4, -0.2) is 24.6 Å². The van der Waals surface area contributed by atoms with Gasteiger partial charge in [0.25, 0.3) is 0 Å². The van der Waals surface area contributed by atoms with Crippen LogP contribution in [-0.2, 0) is 0 Å². The molecule has 5 rings (SSSR count). The third kappa shape index (κ3) is 4.13. The van der Waals surface area contributed by atoms with E-state index in [1.807, 2.05) is 31.2 Å². The van der Waals surface area contributed by atoms with Crippen molar-refractivity contribution < 1.29 is 13.9 Å². The highest BCUT2D eigenvalue weighted by atomic mass is 35.5. The minimum Gasteiger partial charge on any atom is -0.489 e. The number of benzene rings is 2. The predicted molar refractivity (Wildman–Crippen MR) is 126 cm³/mol. The number of aryl methyl sites for hydroxylation is 1. The Bertz CT molecular complexity index is 1260. The maximum Gasteiger partial charge on any atom is 0.336 e. The van der Waals surface area contributed by atoms with Crippen molar-refractivity contribution in [1.82, 2.24) is 4.90 Å². The molecule has 0 saturated carbocycles. The Hall–Kier alpha value is -2.47. The summed E-state index contributed by atoms with van der Waals surface area (Å²) in [6.45, 7) is 4.19. The normalized spacial score (nSPS) is 19.8. The molecule has 0 bridgehead atoms. The zero-order valence-corrected chi connectivity index (χ0v) is 19.2. The fourth-order valence-corrected chi connectivity index (χ4v) is 5.09. The number of piperidine rings is 1. The van der Waals surface area contributed by atoms with E-state index in [9.17, 15) is 4.79 Å². The second-order valence-corrected chi connectivity index (χ2v) is 9.07. The Morgan fingerprint density at radius 3 is 2.75 bits per heavy atom. The van der Waals surface area contributed by atoms with Crippen molar-refractivity contribution in [3.8, 4) is 11.5 Å². The number of hydrogen-bond acceptors (Lipinski definition) is 5. The molecule has 3 heterocycles. The highest BCUT2D eigenvalue weighted by Crippen LogP contribution is 2.48. The van der Waals surface area contributed by atoms with Gasteiger partial charge in [0.05, 0.1) is 11.1 Å². The zero-order chi connectivity index (χ0) is 22.2. The Morgan fingerprint density at radius 2 is 1.94 bits per heavy atom. The number of rotatable bonds is 4. The lowest BCUT2D eigenvalue weighted by Gasteiger charge is -2.32. The highest BCUT2D eigenvalue weighted by molar-refractivity contribution is 6.35. The van der Waals surface area contributed by atoms with E-state index < -0.39 is 0 Å². The van der Waals surface area contributed by atoms with E-state index in [1.165, 1.54) is 12.5 Å². The molecular weight excluding hydrogens is 449 g/mol. The van der Waals surface area contributed by atoms with Gasteiger partial charge in [-0.3, -0.25) is 4.90 Å². The van der Waals surface area contributed by atoms with Crippen LogP contribution >= 0.6 is 23.2 Å². The van der Waals surface area contributed by atoms with Crippen LogP contribution in [0, 0.1) is 6.92 Å². The van der Waals surface area contributed by atoms with Crippen LogP contribution < -0.4 is 15.1 Å². The fourth-order valence-electron chi connectivity index (χ4n) is 4.54.